The molecule has 0 radical (unpaired) electrons. The molecule has 0 aromatic rings. The number of carbonyl (C=O) groups is 1. The second-order valence-electron chi connectivity index (χ2n) is 7.12. The summed E-state index contributed by atoms with van der Waals surface area (Å²) in [6, 6.07) is 0.173. The average Bonchev–Trinajstić information content (AvgIpc) is 2.48. The highest BCUT2D eigenvalue weighted by molar-refractivity contribution is 5.79. The molecule has 0 spiro atoms. The molecule has 4 nitrogen and oxygen atoms in total. The van der Waals surface area contributed by atoms with E-state index in [0.29, 0.717) is 17.7 Å². The highest BCUT2D eigenvalue weighted by Crippen LogP contribution is 2.34. The van der Waals surface area contributed by atoms with Crippen molar-refractivity contribution in [3.63, 3.8) is 0 Å². The fraction of sp³-hybridized carbons (Fsp3) is 0.941. The Morgan fingerprint density at radius 2 is 2.05 bits per heavy atom. The molecule has 2 rings (SSSR count). The number of rotatable bonds is 4. The van der Waals surface area contributed by atoms with Crippen LogP contribution in [0.1, 0.15) is 52.9 Å². The fourth-order valence-electron chi connectivity index (χ4n) is 3.82. The number of ether oxygens (including phenoxy) is 1. The summed E-state index contributed by atoms with van der Waals surface area (Å²) in [5.41, 5.74) is 6.20. The number of hydrogen-bond donors (Lipinski definition) is 1. The minimum atomic E-state index is 0.112. The highest BCUT2D eigenvalue weighted by Gasteiger charge is 2.38. The molecule has 122 valence electrons. The van der Waals surface area contributed by atoms with Crippen molar-refractivity contribution in [3.05, 3.63) is 0 Å². The lowest BCUT2D eigenvalue weighted by Crippen LogP contribution is -2.50. The molecule has 1 saturated heterocycles. The summed E-state index contributed by atoms with van der Waals surface area (Å²) in [6.45, 7) is 9.00. The van der Waals surface area contributed by atoms with E-state index >= 15 is 0 Å². The molecule has 2 N–H and O–H groups in total. The lowest BCUT2D eigenvalue weighted by Gasteiger charge is -2.40. The van der Waals surface area contributed by atoms with Crippen LogP contribution in [-0.4, -0.2) is 42.6 Å². The number of carbonyl (C=O) groups excluding carboxylic acids is 1. The molecule has 1 aliphatic carbocycles. The van der Waals surface area contributed by atoms with Crippen LogP contribution >= 0.6 is 0 Å². The van der Waals surface area contributed by atoms with Gasteiger partial charge >= 0.3 is 0 Å². The van der Waals surface area contributed by atoms with Crippen LogP contribution in [0.4, 0.5) is 0 Å². The highest BCUT2D eigenvalue weighted by atomic mass is 16.5. The van der Waals surface area contributed by atoms with Crippen molar-refractivity contribution in [1.82, 2.24) is 4.90 Å². The van der Waals surface area contributed by atoms with E-state index in [1.807, 2.05) is 4.90 Å². The zero-order valence-corrected chi connectivity index (χ0v) is 13.9. The number of nitrogens with zero attached hydrogens (tertiary/aromatic N) is 1. The van der Waals surface area contributed by atoms with E-state index in [-0.39, 0.29) is 18.1 Å². The van der Waals surface area contributed by atoms with Gasteiger partial charge in [-0.3, -0.25) is 4.79 Å². The summed E-state index contributed by atoms with van der Waals surface area (Å²) >= 11 is 0. The van der Waals surface area contributed by atoms with Crippen LogP contribution in [0.3, 0.4) is 0 Å². The SMILES string of the molecule is CCCOC1CCCN(C(=O)C2CC(N)C(C)CC2C)C1. The molecular weight excluding hydrogens is 264 g/mol. The summed E-state index contributed by atoms with van der Waals surface area (Å²) in [5, 5.41) is 0. The predicted molar refractivity (Wildman–Crippen MR) is 84.9 cm³/mol. The monoisotopic (exact) mass is 296 g/mol. The van der Waals surface area contributed by atoms with Crippen molar-refractivity contribution in [3.8, 4) is 0 Å². The Kier molecular flexibility index (Phi) is 6.06. The summed E-state index contributed by atoms with van der Waals surface area (Å²) in [5.74, 6) is 1.41. The third-order valence-electron chi connectivity index (χ3n) is 5.25. The topological polar surface area (TPSA) is 55.6 Å². The van der Waals surface area contributed by atoms with Gasteiger partial charge < -0.3 is 15.4 Å². The van der Waals surface area contributed by atoms with Gasteiger partial charge in [0.15, 0.2) is 0 Å². The number of likely N-dealkylation sites (tertiary alicyclic amines) is 1. The van der Waals surface area contributed by atoms with Crippen molar-refractivity contribution >= 4 is 5.91 Å². The first-order valence-electron chi connectivity index (χ1n) is 8.68. The second-order valence-corrected chi connectivity index (χ2v) is 7.12. The Bertz CT molecular complexity index is 348. The molecule has 5 unspecified atom stereocenters. The molecular formula is C17H32N2O2. The number of piperidine rings is 1. The van der Waals surface area contributed by atoms with Crippen LogP contribution in [0.25, 0.3) is 0 Å². The van der Waals surface area contributed by atoms with E-state index in [2.05, 4.69) is 20.8 Å². The van der Waals surface area contributed by atoms with Gasteiger partial charge in [-0.25, -0.2) is 0 Å². The molecule has 0 bridgehead atoms. The van der Waals surface area contributed by atoms with E-state index in [4.69, 9.17) is 10.5 Å². The van der Waals surface area contributed by atoms with Gasteiger partial charge in [-0.15, -0.1) is 0 Å². The van der Waals surface area contributed by atoms with Crippen molar-refractivity contribution in [2.75, 3.05) is 19.7 Å². The van der Waals surface area contributed by atoms with Crippen molar-refractivity contribution in [2.45, 2.75) is 65.0 Å². The van der Waals surface area contributed by atoms with Gasteiger partial charge in [0, 0.05) is 31.7 Å². The van der Waals surface area contributed by atoms with Crippen LogP contribution in [0.15, 0.2) is 0 Å². The van der Waals surface area contributed by atoms with Crippen molar-refractivity contribution in [1.29, 1.82) is 0 Å². The first-order valence-corrected chi connectivity index (χ1v) is 8.68. The summed E-state index contributed by atoms with van der Waals surface area (Å²) in [7, 11) is 0. The van der Waals surface area contributed by atoms with Gasteiger partial charge in [0.05, 0.1) is 6.10 Å². The molecule has 0 aromatic carbocycles. The minimum Gasteiger partial charge on any atom is -0.376 e. The molecule has 2 aliphatic rings. The molecule has 0 aromatic heterocycles. The molecule has 1 heterocycles. The Hall–Kier alpha value is -0.610. The summed E-state index contributed by atoms with van der Waals surface area (Å²) in [4.78, 5) is 14.9. The third-order valence-corrected chi connectivity index (χ3v) is 5.25. The predicted octanol–water partition coefficient (Wildman–Crippen LogP) is 2.41. The molecule has 5 atom stereocenters. The van der Waals surface area contributed by atoms with Gasteiger partial charge in [-0.05, 0) is 43.9 Å². The van der Waals surface area contributed by atoms with E-state index < -0.39 is 0 Å². The van der Waals surface area contributed by atoms with Crippen LogP contribution in [-0.2, 0) is 9.53 Å². The minimum absolute atomic E-state index is 0.112. The second kappa shape index (κ2) is 7.59. The first kappa shape index (κ1) is 16.8. The number of amides is 1. The quantitative estimate of drug-likeness (QED) is 0.867. The van der Waals surface area contributed by atoms with Crippen LogP contribution in [0.5, 0.6) is 0 Å². The van der Waals surface area contributed by atoms with Crippen LogP contribution in [0, 0.1) is 17.8 Å². The lowest BCUT2D eigenvalue weighted by atomic mass is 9.72. The van der Waals surface area contributed by atoms with Gasteiger partial charge in [-0.1, -0.05) is 20.8 Å². The van der Waals surface area contributed by atoms with Crippen molar-refractivity contribution in [2.24, 2.45) is 23.5 Å². The zero-order chi connectivity index (χ0) is 15.4. The van der Waals surface area contributed by atoms with Gasteiger partial charge in [-0.2, -0.15) is 0 Å². The summed E-state index contributed by atoms with van der Waals surface area (Å²) < 4.78 is 5.85. The molecule has 4 heteroatoms. The molecule has 1 aliphatic heterocycles. The maximum absolute atomic E-state index is 12.8. The average molecular weight is 296 g/mol. The standard InChI is InChI=1S/C17H32N2O2/c1-4-8-21-14-6-5-7-19(11-14)17(20)15-10-16(18)13(3)9-12(15)2/h12-16H,4-11,18H2,1-3H3. The van der Waals surface area contributed by atoms with E-state index in [0.717, 1.165) is 51.8 Å². The Balaban J connectivity index is 1.92. The third kappa shape index (κ3) is 4.19. The van der Waals surface area contributed by atoms with Crippen molar-refractivity contribution < 1.29 is 9.53 Å². The zero-order valence-electron chi connectivity index (χ0n) is 13.9. The van der Waals surface area contributed by atoms with Crippen LogP contribution < -0.4 is 5.73 Å². The molecule has 21 heavy (non-hydrogen) atoms. The van der Waals surface area contributed by atoms with Gasteiger partial charge in [0.2, 0.25) is 5.91 Å². The van der Waals surface area contributed by atoms with Crippen LogP contribution in [0.2, 0.25) is 0 Å². The summed E-state index contributed by atoms with van der Waals surface area (Å²) in [6.07, 6.45) is 5.33. The lowest BCUT2D eigenvalue weighted by molar-refractivity contribution is -0.143. The largest absolute Gasteiger partial charge is 0.376 e. The normalized spacial score (nSPS) is 37.5. The number of hydrogen-bond acceptors (Lipinski definition) is 3. The smallest absolute Gasteiger partial charge is 0.226 e. The van der Waals surface area contributed by atoms with E-state index in [1.165, 1.54) is 0 Å². The van der Waals surface area contributed by atoms with E-state index in [9.17, 15) is 4.79 Å². The van der Waals surface area contributed by atoms with Gasteiger partial charge in [0.25, 0.3) is 0 Å². The van der Waals surface area contributed by atoms with E-state index in [1.54, 1.807) is 0 Å². The molecule has 1 saturated carbocycles. The first-order chi connectivity index (χ1) is 10.0. The maximum atomic E-state index is 12.8. The fourth-order valence-corrected chi connectivity index (χ4v) is 3.82. The molecule has 1 amide bonds. The Morgan fingerprint density at radius 3 is 2.76 bits per heavy atom. The Labute approximate surface area is 129 Å². The maximum Gasteiger partial charge on any atom is 0.226 e. The number of nitrogens with two attached hydrogens (primary N) is 1. The Morgan fingerprint density at radius 1 is 1.29 bits per heavy atom. The van der Waals surface area contributed by atoms with Gasteiger partial charge in [0.1, 0.15) is 0 Å². The molecule has 2 fully saturated rings.